The van der Waals surface area contributed by atoms with Crippen LogP contribution >= 0.6 is 0 Å². The Morgan fingerprint density at radius 2 is 1.86 bits per heavy atom. The minimum Gasteiger partial charge on any atom is -0.361 e. The monoisotopic (exact) mass is 278 g/mol. The molecule has 0 fully saturated rings. The molecule has 0 unspecified atom stereocenters. The highest BCUT2D eigenvalue weighted by Crippen LogP contribution is 2.17. The van der Waals surface area contributed by atoms with E-state index < -0.39 is 0 Å². The van der Waals surface area contributed by atoms with Crippen molar-refractivity contribution in [3.05, 3.63) is 70.9 Å². The van der Waals surface area contributed by atoms with Gasteiger partial charge < -0.3 is 10.3 Å². The predicted molar refractivity (Wildman–Crippen MR) is 89.6 cm³/mol. The first-order chi connectivity index (χ1) is 10.2. The lowest BCUT2D eigenvalue weighted by molar-refractivity contribution is 0.685. The van der Waals surface area contributed by atoms with Crippen LogP contribution in [0.15, 0.2) is 48.7 Å². The maximum absolute atomic E-state index is 3.56. The van der Waals surface area contributed by atoms with E-state index in [9.17, 15) is 0 Å². The summed E-state index contributed by atoms with van der Waals surface area (Å²) in [6.07, 6.45) is 3.18. The van der Waals surface area contributed by atoms with Gasteiger partial charge in [0.15, 0.2) is 0 Å². The Morgan fingerprint density at radius 3 is 2.76 bits per heavy atom. The maximum atomic E-state index is 3.56. The molecule has 108 valence electrons. The van der Waals surface area contributed by atoms with E-state index in [1.54, 1.807) is 0 Å². The Hall–Kier alpha value is -2.06. The molecule has 0 saturated carbocycles. The summed E-state index contributed by atoms with van der Waals surface area (Å²) < 4.78 is 0. The fourth-order valence-electron chi connectivity index (χ4n) is 2.78. The molecule has 0 saturated heterocycles. The lowest BCUT2D eigenvalue weighted by Gasteiger charge is -2.08. The molecule has 0 aliphatic heterocycles. The average Bonchev–Trinajstić information content (AvgIpc) is 2.90. The number of aromatic nitrogens is 1. The normalized spacial score (nSPS) is 11.1. The number of H-pyrrole nitrogens is 1. The molecule has 2 nitrogen and oxygen atoms in total. The Balaban J connectivity index is 1.58. The van der Waals surface area contributed by atoms with Crippen LogP contribution in [0, 0.1) is 13.8 Å². The molecule has 0 radical (unpaired) electrons. The Kier molecular flexibility index (Phi) is 4.07. The first-order valence-electron chi connectivity index (χ1n) is 7.56. The van der Waals surface area contributed by atoms with E-state index in [0.717, 1.165) is 19.5 Å². The van der Waals surface area contributed by atoms with Gasteiger partial charge >= 0.3 is 0 Å². The molecule has 2 heteroatoms. The molecular formula is C19H22N2. The number of aryl methyl sites for hydroxylation is 2. The SMILES string of the molecule is Cc1ccc(C)c(CNCCc2c[nH]c3ccccc23)c1. The van der Waals surface area contributed by atoms with Crippen molar-refractivity contribution in [1.82, 2.24) is 10.3 Å². The molecule has 1 aromatic heterocycles. The molecule has 3 aromatic rings. The number of fused-ring (bicyclic) bond motifs is 1. The number of hydrogen-bond acceptors (Lipinski definition) is 1. The van der Waals surface area contributed by atoms with Gasteiger partial charge in [-0.05, 0) is 49.6 Å². The van der Waals surface area contributed by atoms with Gasteiger partial charge in [-0.1, -0.05) is 42.0 Å². The molecular weight excluding hydrogens is 256 g/mol. The van der Waals surface area contributed by atoms with Gasteiger partial charge in [0, 0.05) is 23.6 Å². The molecule has 0 atom stereocenters. The van der Waals surface area contributed by atoms with Gasteiger partial charge in [0.2, 0.25) is 0 Å². The summed E-state index contributed by atoms with van der Waals surface area (Å²) in [5, 5.41) is 4.90. The summed E-state index contributed by atoms with van der Waals surface area (Å²) in [7, 11) is 0. The molecule has 3 rings (SSSR count). The Bertz CT molecular complexity index is 740. The number of aromatic amines is 1. The van der Waals surface area contributed by atoms with Crippen molar-refractivity contribution in [3.63, 3.8) is 0 Å². The van der Waals surface area contributed by atoms with Gasteiger partial charge in [-0.3, -0.25) is 0 Å². The second-order valence-corrected chi connectivity index (χ2v) is 5.72. The minimum absolute atomic E-state index is 0.940. The zero-order chi connectivity index (χ0) is 14.7. The second-order valence-electron chi connectivity index (χ2n) is 5.72. The van der Waals surface area contributed by atoms with Gasteiger partial charge in [0.05, 0.1) is 0 Å². The van der Waals surface area contributed by atoms with Crippen LogP contribution in [-0.4, -0.2) is 11.5 Å². The summed E-state index contributed by atoms with van der Waals surface area (Å²) in [6, 6.07) is 15.1. The molecule has 0 spiro atoms. The van der Waals surface area contributed by atoms with Crippen LogP contribution in [-0.2, 0) is 13.0 Å². The van der Waals surface area contributed by atoms with Crippen molar-refractivity contribution in [2.24, 2.45) is 0 Å². The van der Waals surface area contributed by atoms with Gasteiger partial charge in [0.25, 0.3) is 0 Å². The number of nitrogens with one attached hydrogen (secondary N) is 2. The average molecular weight is 278 g/mol. The number of para-hydroxylation sites is 1. The van der Waals surface area contributed by atoms with E-state index >= 15 is 0 Å². The first kappa shape index (κ1) is 13.9. The van der Waals surface area contributed by atoms with Gasteiger partial charge in [-0.25, -0.2) is 0 Å². The van der Waals surface area contributed by atoms with Crippen molar-refractivity contribution < 1.29 is 0 Å². The molecule has 0 bridgehead atoms. The van der Waals surface area contributed by atoms with Crippen LogP contribution in [0.3, 0.4) is 0 Å². The summed E-state index contributed by atoms with van der Waals surface area (Å²) in [6.45, 7) is 6.26. The van der Waals surface area contributed by atoms with Crippen LogP contribution < -0.4 is 5.32 Å². The van der Waals surface area contributed by atoms with Crippen LogP contribution in [0.1, 0.15) is 22.3 Å². The second kappa shape index (κ2) is 6.15. The van der Waals surface area contributed by atoms with Crippen molar-refractivity contribution >= 4 is 10.9 Å². The Morgan fingerprint density at radius 1 is 1.00 bits per heavy atom. The lowest BCUT2D eigenvalue weighted by Crippen LogP contribution is -2.17. The fourth-order valence-corrected chi connectivity index (χ4v) is 2.78. The van der Waals surface area contributed by atoms with E-state index in [4.69, 9.17) is 0 Å². The van der Waals surface area contributed by atoms with Crippen LogP contribution in [0.25, 0.3) is 10.9 Å². The predicted octanol–water partition coefficient (Wildman–Crippen LogP) is 4.12. The topological polar surface area (TPSA) is 27.8 Å². The van der Waals surface area contributed by atoms with Gasteiger partial charge in [-0.15, -0.1) is 0 Å². The highest BCUT2D eigenvalue weighted by molar-refractivity contribution is 5.83. The van der Waals surface area contributed by atoms with Crippen molar-refractivity contribution in [1.29, 1.82) is 0 Å². The summed E-state index contributed by atoms with van der Waals surface area (Å²) in [5.74, 6) is 0. The molecule has 2 N–H and O–H groups in total. The zero-order valence-corrected chi connectivity index (χ0v) is 12.7. The summed E-state index contributed by atoms with van der Waals surface area (Å²) in [4.78, 5) is 3.34. The van der Waals surface area contributed by atoms with Crippen molar-refractivity contribution in [2.75, 3.05) is 6.54 Å². The molecule has 0 aliphatic rings. The highest BCUT2D eigenvalue weighted by atomic mass is 14.8. The third kappa shape index (κ3) is 3.17. The zero-order valence-electron chi connectivity index (χ0n) is 12.7. The molecule has 2 aromatic carbocycles. The molecule has 0 aliphatic carbocycles. The van der Waals surface area contributed by atoms with E-state index in [1.165, 1.54) is 33.2 Å². The van der Waals surface area contributed by atoms with Crippen LogP contribution in [0.4, 0.5) is 0 Å². The Labute approximate surface area is 126 Å². The van der Waals surface area contributed by atoms with E-state index in [2.05, 4.69) is 72.8 Å². The third-order valence-electron chi connectivity index (χ3n) is 4.07. The molecule has 0 amide bonds. The molecule has 21 heavy (non-hydrogen) atoms. The minimum atomic E-state index is 0.940. The van der Waals surface area contributed by atoms with Crippen LogP contribution in [0.2, 0.25) is 0 Å². The van der Waals surface area contributed by atoms with Gasteiger partial charge in [-0.2, -0.15) is 0 Å². The highest BCUT2D eigenvalue weighted by Gasteiger charge is 2.03. The largest absolute Gasteiger partial charge is 0.361 e. The smallest absolute Gasteiger partial charge is 0.0456 e. The fraction of sp³-hybridized carbons (Fsp3) is 0.263. The van der Waals surface area contributed by atoms with Gasteiger partial charge in [0.1, 0.15) is 0 Å². The van der Waals surface area contributed by atoms with E-state index in [1.807, 2.05) is 0 Å². The number of rotatable bonds is 5. The number of hydrogen-bond donors (Lipinski definition) is 2. The molecule has 1 heterocycles. The number of benzene rings is 2. The van der Waals surface area contributed by atoms with Crippen molar-refractivity contribution in [2.45, 2.75) is 26.8 Å². The first-order valence-corrected chi connectivity index (χ1v) is 7.56. The summed E-state index contributed by atoms with van der Waals surface area (Å²) >= 11 is 0. The lowest BCUT2D eigenvalue weighted by atomic mass is 10.1. The van der Waals surface area contributed by atoms with E-state index in [0.29, 0.717) is 0 Å². The quantitative estimate of drug-likeness (QED) is 0.675. The maximum Gasteiger partial charge on any atom is 0.0456 e. The standard InChI is InChI=1S/C19H22N2/c1-14-7-8-15(2)17(11-14)12-20-10-9-16-13-21-19-6-4-3-5-18(16)19/h3-8,11,13,20-21H,9-10,12H2,1-2H3. The van der Waals surface area contributed by atoms with Crippen LogP contribution in [0.5, 0.6) is 0 Å². The third-order valence-corrected chi connectivity index (χ3v) is 4.07. The summed E-state index contributed by atoms with van der Waals surface area (Å²) in [5.41, 5.74) is 6.70. The van der Waals surface area contributed by atoms with E-state index in [-0.39, 0.29) is 0 Å². The van der Waals surface area contributed by atoms with Crippen molar-refractivity contribution in [3.8, 4) is 0 Å².